The fraction of sp³-hybridized carbons (Fsp3) is 0.273. The first-order chi connectivity index (χ1) is 13.7. The molecule has 1 N–H and O–H groups in total. The van der Waals surface area contributed by atoms with Crippen molar-refractivity contribution in [2.45, 2.75) is 13.0 Å². The molecule has 0 aliphatic carbocycles. The van der Waals surface area contributed by atoms with Crippen molar-refractivity contribution in [2.24, 2.45) is 0 Å². The molecule has 1 atom stereocenters. The molecule has 2 heterocycles. The number of piperazine rings is 1. The number of amides is 1. The molecule has 1 aromatic heterocycles. The number of hydrogen-bond acceptors (Lipinski definition) is 5. The van der Waals surface area contributed by atoms with Gasteiger partial charge < -0.3 is 19.4 Å². The van der Waals surface area contributed by atoms with Crippen LogP contribution in [0.2, 0.25) is 0 Å². The number of nitrogens with zero attached hydrogens (tertiary/aromatic N) is 2. The third kappa shape index (κ3) is 3.39. The van der Waals surface area contributed by atoms with E-state index in [0.717, 1.165) is 23.4 Å². The van der Waals surface area contributed by atoms with Crippen LogP contribution in [0.3, 0.4) is 0 Å². The molecule has 0 saturated carbocycles. The Kier molecular flexibility index (Phi) is 5.12. The third-order valence-corrected chi connectivity index (χ3v) is 5.02. The fourth-order valence-corrected chi connectivity index (χ4v) is 3.60. The number of carbonyl (C=O) groups is 1. The lowest BCUT2D eigenvalue weighted by Crippen LogP contribution is -2.49. The monoisotopic (exact) mass is 377 g/mol. The number of rotatable bonds is 4. The molecular weight excluding hydrogens is 354 g/mol. The zero-order valence-corrected chi connectivity index (χ0v) is 16.0. The quantitative estimate of drug-likeness (QED) is 0.754. The number of benzene rings is 2. The average Bonchev–Trinajstić information content (AvgIpc) is 3.15. The number of oxazole rings is 1. The zero-order valence-electron chi connectivity index (χ0n) is 16.0. The molecule has 1 fully saturated rings. The number of carbonyl (C=O) groups excluding carboxylic acids is 1. The number of hydrogen-bond donors (Lipinski definition) is 1. The van der Waals surface area contributed by atoms with Crippen LogP contribution in [0.25, 0.3) is 11.5 Å². The van der Waals surface area contributed by atoms with Crippen molar-refractivity contribution in [2.75, 3.05) is 26.7 Å². The Hall–Kier alpha value is -3.12. The highest BCUT2D eigenvalue weighted by molar-refractivity contribution is 5.94. The molecule has 1 aliphatic heterocycles. The van der Waals surface area contributed by atoms with Gasteiger partial charge >= 0.3 is 0 Å². The Morgan fingerprint density at radius 2 is 1.93 bits per heavy atom. The number of nitrogens with one attached hydrogen (secondary N) is 1. The van der Waals surface area contributed by atoms with Crippen molar-refractivity contribution in [3.63, 3.8) is 0 Å². The molecule has 144 valence electrons. The Labute approximate surface area is 164 Å². The third-order valence-electron chi connectivity index (χ3n) is 5.02. The minimum atomic E-state index is -0.131. The number of aromatic nitrogens is 1. The van der Waals surface area contributed by atoms with Gasteiger partial charge in [0.2, 0.25) is 5.89 Å². The zero-order chi connectivity index (χ0) is 19.5. The van der Waals surface area contributed by atoms with Crippen molar-refractivity contribution < 1.29 is 13.9 Å². The first-order valence-electron chi connectivity index (χ1n) is 9.36. The van der Waals surface area contributed by atoms with Crippen LogP contribution in [0, 0.1) is 6.92 Å². The van der Waals surface area contributed by atoms with E-state index in [2.05, 4.69) is 10.3 Å². The van der Waals surface area contributed by atoms with E-state index in [4.69, 9.17) is 9.15 Å². The first kappa shape index (κ1) is 18.3. The van der Waals surface area contributed by atoms with E-state index in [1.165, 1.54) is 0 Å². The van der Waals surface area contributed by atoms with Crippen LogP contribution in [-0.4, -0.2) is 42.5 Å². The Morgan fingerprint density at radius 1 is 1.18 bits per heavy atom. The molecule has 6 heteroatoms. The number of para-hydroxylation sites is 1. The maximum atomic E-state index is 13.4. The number of ether oxygens (including phenoxy) is 1. The minimum absolute atomic E-state index is 0.124. The van der Waals surface area contributed by atoms with Crippen molar-refractivity contribution >= 4 is 5.91 Å². The summed E-state index contributed by atoms with van der Waals surface area (Å²) in [6, 6.07) is 17.3. The molecule has 2 aromatic carbocycles. The van der Waals surface area contributed by atoms with E-state index in [9.17, 15) is 4.79 Å². The van der Waals surface area contributed by atoms with Gasteiger partial charge in [0.1, 0.15) is 11.5 Å². The van der Waals surface area contributed by atoms with Crippen LogP contribution < -0.4 is 10.1 Å². The van der Waals surface area contributed by atoms with Gasteiger partial charge in [-0.3, -0.25) is 4.79 Å². The van der Waals surface area contributed by atoms with Gasteiger partial charge in [0.15, 0.2) is 5.69 Å². The van der Waals surface area contributed by atoms with Crippen molar-refractivity contribution in [3.8, 4) is 17.2 Å². The van der Waals surface area contributed by atoms with E-state index in [1.807, 2.05) is 59.5 Å². The lowest BCUT2D eigenvalue weighted by molar-refractivity contribution is 0.0624. The average molecular weight is 377 g/mol. The molecule has 28 heavy (non-hydrogen) atoms. The molecular formula is C22H23N3O3. The summed E-state index contributed by atoms with van der Waals surface area (Å²) in [5.41, 5.74) is 2.20. The van der Waals surface area contributed by atoms with Crippen molar-refractivity contribution in [3.05, 3.63) is 71.6 Å². The van der Waals surface area contributed by atoms with Crippen LogP contribution in [0.5, 0.6) is 5.75 Å². The Morgan fingerprint density at radius 3 is 2.71 bits per heavy atom. The van der Waals surface area contributed by atoms with Gasteiger partial charge in [-0.15, -0.1) is 0 Å². The van der Waals surface area contributed by atoms with E-state index in [0.29, 0.717) is 30.4 Å². The molecule has 1 aliphatic rings. The Bertz CT molecular complexity index is 968. The lowest BCUT2D eigenvalue weighted by atomic mass is 10.0. The summed E-state index contributed by atoms with van der Waals surface area (Å²) in [5.74, 6) is 1.64. The normalized spacial score (nSPS) is 16.8. The minimum Gasteiger partial charge on any atom is -0.496 e. The van der Waals surface area contributed by atoms with Gasteiger partial charge in [-0.25, -0.2) is 4.98 Å². The van der Waals surface area contributed by atoms with Crippen LogP contribution in [0.4, 0.5) is 0 Å². The number of methoxy groups -OCH3 is 1. The maximum absolute atomic E-state index is 13.4. The van der Waals surface area contributed by atoms with Crippen LogP contribution in [-0.2, 0) is 0 Å². The molecule has 1 amide bonds. The SMILES string of the molecule is COc1ccccc1C1CNCCN1C(=O)c1nc(-c2ccccc2)oc1C. The summed E-state index contributed by atoms with van der Waals surface area (Å²) in [5, 5.41) is 3.37. The predicted molar refractivity (Wildman–Crippen MR) is 106 cm³/mol. The second-order valence-corrected chi connectivity index (χ2v) is 6.75. The summed E-state index contributed by atoms with van der Waals surface area (Å²) in [4.78, 5) is 19.8. The second kappa shape index (κ2) is 7.86. The van der Waals surface area contributed by atoms with Gasteiger partial charge in [0.05, 0.1) is 13.2 Å². The van der Waals surface area contributed by atoms with Crippen molar-refractivity contribution in [1.82, 2.24) is 15.2 Å². The molecule has 1 unspecified atom stereocenters. The number of aryl methyl sites for hydroxylation is 1. The summed E-state index contributed by atoms with van der Waals surface area (Å²) in [6.07, 6.45) is 0. The van der Waals surface area contributed by atoms with Gasteiger partial charge in [-0.2, -0.15) is 0 Å². The molecule has 4 rings (SSSR count). The van der Waals surface area contributed by atoms with E-state index < -0.39 is 0 Å². The summed E-state index contributed by atoms with van der Waals surface area (Å²) >= 11 is 0. The molecule has 0 bridgehead atoms. The second-order valence-electron chi connectivity index (χ2n) is 6.75. The van der Waals surface area contributed by atoms with E-state index in [-0.39, 0.29) is 11.9 Å². The van der Waals surface area contributed by atoms with Crippen molar-refractivity contribution in [1.29, 1.82) is 0 Å². The highest BCUT2D eigenvalue weighted by Crippen LogP contribution is 2.32. The van der Waals surface area contributed by atoms with Gasteiger partial charge in [-0.1, -0.05) is 36.4 Å². The molecule has 6 nitrogen and oxygen atoms in total. The topological polar surface area (TPSA) is 67.6 Å². The Balaban J connectivity index is 1.67. The lowest BCUT2D eigenvalue weighted by Gasteiger charge is -2.36. The van der Waals surface area contributed by atoms with Gasteiger partial charge in [0.25, 0.3) is 5.91 Å². The molecule has 0 radical (unpaired) electrons. The first-order valence-corrected chi connectivity index (χ1v) is 9.36. The predicted octanol–water partition coefficient (Wildman–Crippen LogP) is 3.45. The van der Waals surface area contributed by atoms with Gasteiger partial charge in [-0.05, 0) is 25.1 Å². The van der Waals surface area contributed by atoms with Crippen LogP contribution in [0.1, 0.15) is 27.9 Å². The highest BCUT2D eigenvalue weighted by Gasteiger charge is 2.33. The fourth-order valence-electron chi connectivity index (χ4n) is 3.60. The smallest absolute Gasteiger partial charge is 0.276 e. The van der Waals surface area contributed by atoms with E-state index >= 15 is 0 Å². The summed E-state index contributed by atoms with van der Waals surface area (Å²) in [6.45, 7) is 3.77. The standard InChI is InChI=1S/C22H23N3O3/c1-15-20(24-21(28-15)16-8-4-3-5-9-16)22(26)25-13-12-23-14-18(25)17-10-6-7-11-19(17)27-2/h3-11,18,23H,12-14H2,1-2H3. The molecule has 3 aromatic rings. The van der Waals surface area contributed by atoms with E-state index in [1.54, 1.807) is 14.0 Å². The summed E-state index contributed by atoms with van der Waals surface area (Å²) < 4.78 is 11.3. The molecule has 0 spiro atoms. The van der Waals surface area contributed by atoms with Crippen LogP contribution >= 0.6 is 0 Å². The highest BCUT2D eigenvalue weighted by atomic mass is 16.5. The van der Waals surface area contributed by atoms with Gasteiger partial charge in [0, 0.05) is 30.8 Å². The largest absolute Gasteiger partial charge is 0.496 e. The van der Waals surface area contributed by atoms with Crippen LogP contribution in [0.15, 0.2) is 59.0 Å². The molecule has 1 saturated heterocycles. The summed E-state index contributed by atoms with van der Waals surface area (Å²) in [7, 11) is 1.65. The maximum Gasteiger partial charge on any atom is 0.276 e.